The Morgan fingerprint density at radius 3 is 1.96 bits per heavy atom. The summed E-state index contributed by atoms with van der Waals surface area (Å²) in [6.07, 6.45) is 0. The zero-order valence-electron chi connectivity index (χ0n) is 16.5. The standard InChI is InChI=1S/C22H24N4O2/c1-14(2)21(27)23-18-7-9-19(10-8-18)24-22(28)17-5-11-20(12-6-17)26-16(4)13-15(3)25-26/h5-14H,1-4H3,(H,23,27)(H,24,28). The largest absolute Gasteiger partial charge is 0.326 e. The lowest BCUT2D eigenvalue weighted by Gasteiger charge is -2.10. The molecule has 0 aliphatic carbocycles. The summed E-state index contributed by atoms with van der Waals surface area (Å²) in [6, 6.07) is 16.4. The second-order valence-electron chi connectivity index (χ2n) is 7.06. The van der Waals surface area contributed by atoms with E-state index in [0.29, 0.717) is 16.9 Å². The number of carbonyl (C=O) groups is 2. The zero-order chi connectivity index (χ0) is 20.3. The van der Waals surface area contributed by atoms with Crippen LogP contribution in [-0.4, -0.2) is 21.6 Å². The highest BCUT2D eigenvalue weighted by molar-refractivity contribution is 6.04. The maximum Gasteiger partial charge on any atom is 0.255 e. The Balaban J connectivity index is 1.66. The van der Waals surface area contributed by atoms with Crippen molar-refractivity contribution in [3.8, 4) is 5.69 Å². The molecular formula is C22H24N4O2. The summed E-state index contributed by atoms with van der Waals surface area (Å²) in [5.41, 5.74) is 4.82. The van der Waals surface area contributed by atoms with E-state index >= 15 is 0 Å². The van der Waals surface area contributed by atoms with Crippen molar-refractivity contribution in [3.05, 3.63) is 71.5 Å². The van der Waals surface area contributed by atoms with Crippen LogP contribution in [-0.2, 0) is 4.79 Å². The van der Waals surface area contributed by atoms with E-state index in [0.717, 1.165) is 17.1 Å². The van der Waals surface area contributed by atoms with Crippen molar-refractivity contribution in [2.75, 3.05) is 10.6 Å². The molecule has 1 aromatic heterocycles. The molecule has 1 heterocycles. The highest BCUT2D eigenvalue weighted by Gasteiger charge is 2.10. The molecule has 0 spiro atoms. The van der Waals surface area contributed by atoms with Gasteiger partial charge < -0.3 is 10.6 Å². The van der Waals surface area contributed by atoms with Gasteiger partial charge in [-0.2, -0.15) is 5.10 Å². The molecule has 2 amide bonds. The van der Waals surface area contributed by atoms with E-state index in [-0.39, 0.29) is 17.7 Å². The number of amides is 2. The molecule has 6 nitrogen and oxygen atoms in total. The Labute approximate surface area is 164 Å². The molecule has 0 bridgehead atoms. The number of aromatic nitrogens is 2. The summed E-state index contributed by atoms with van der Waals surface area (Å²) >= 11 is 0. The van der Waals surface area contributed by atoms with E-state index in [1.165, 1.54) is 0 Å². The van der Waals surface area contributed by atoms with Crippen LogP contribution in [0, 0.1) is 19.8 Å². The number of hydrogen-bond acceptors (Lipinski definition) is 3. The van der Waals surface area contributed by atoms with Gasteiger partial charge in [-0.3, -0.25) is 9.59 Å². The van der Waals surface area contributed by atoms with Crippen molar-refractivity contribution in [1.29, 1.82) is 0 Å². The molecular weight excluding hydrogens is 352 g/mol. The van der Waals surface area contributed by atoms with E-state index in [4.69, 9.17) is 0 Å². The van der Waals surface area contributed by atoms with Crippen LogP contribution in [0.5, 0.6) is 0 Å². The first-order chi connectivity index (χ1) is 13.3. The van der Waals surface area contributed by atoms with Gasteiger partial charge >= 0.3 is 0 Å². The molecule has 2 N–H and O–H groups in total. The van der Waals surface area contributed by atoms with Crippen molar-refractivity contribution < 1.29 is 9.59 Å². The third-order valence-corrected chi connectivity index (χ3v) is 4.32. The highest BCUT2D eigenvalue weighted by Crippen LogP contribution is 2.17. The van der Waals surface area contributed by atoms with Gasteiger partial charge in [-0.1, -0.05) is 13.8 Å². The molecule has 28 heavy (non-hydrogen) atoms. The van der Waals surface area contributed by atoms with Crippen LogP contribution in [0.2, 0.25) is 0 Å². The molecule has 6 heteroatoms. The molecule has 0 aliphatic heterocycles. The Morgan fingerprint density at radius 2 is 1.46 bits per heavy atom. The van der Waals surface area contributed by atoms with Crippen LogP contribution < -0.4 is 10.6 Å². The lowest BCUT2D eigenvalue weighted by molar-refractivity contribution is -0.118. The fourth-order valence-corrected chi connectivity index (χ4v) is 2.77. The number of nitrogens with one attached hydrogen (secondary N) is 2. The second-order valence-corrected chi connectivity index (χ2v) is 7.06. The van der Waals surface area contributed by atoms with Gasteiger partial charge in [-0.25, -0.2) is 4.68 Å². The topological polar surface area (TPSA) is 76.0 Å². The van der Waals surface area contributed by atoms with Crippen molar-refractivity contribution in [2.24, 2.45) is 5.92 Å². The van der Waals surface area contributed by atoms with Crippen molar-refractivity contribution in [3.63, 3.8) is 0 Å². The van der Waals surface area contributed by atoms with Crippen molar-refractivity contribution >= 4 is 23.2 Å². The second kappa shape index (κ2) is 8.08. The first kappa shape index (κ1) is 19.4. The normalized spacial score (nSPS) is 10.8. The minimum atomic E-state index is -0.195. The fourth-order valence-electron chi connectivity index (χ4n) is 2.77. The number of aryl methyl sites for hydroxylation is 2. The maximum atomic E-state index is 12.5. The number of benzene rings is 2. The average Bonchev–Trinajstić information content (AvgIpc) is 3.01. The van der Waals surface area contributed by atoms with Gasteiger partial charge in [0.2, 0.25) is 5.91 Å². The van der Waals surface area contributed by atoms with Gasteiger partial charge in [0.05, 0.1) is 11.4 Å². The first-order valence-electron chi connectivity index (χ1n) is 9.19. The van der Waals surface area contributed by atoms with Crippen LogP contribution in [0.15, 0.2) is 54.6 Å². The predicted octanol–water partition coefficient (Wildman–Crippen LogP) is 4.34. The van der Waals surface area contributed by atoms with Gasteiger partial charge in [0.1, 0.15) is 0 Å². The first-order valence-corrected chi connectivity index (χ1v) is 9.19. The summed E-state index contributed by atoms with van der Waals surface area (Å²) in [7, 11) is 0. The van der Waals surface area contributed by atoms with E-state index < -0.39 is 0 Å². The number of nitrogens with zero attached hydrogens (tertiary/aromatic N) is 2. The molecule has 0 saturated heterocycles. The Bertz CT molecular complexity index is 986. The molecule has 0 radical (unpaired) electrons. The van der Waals surface area contributed by atoms with Crippen molar-refractivity contribution in [2.45, 2.75) is 27.7 Å². The molecule has 0 atom stereocenters. The van der Waals surface area contributed by atoms with Gasteiger partial charge in [0.25, 0.3) is 5.91 Å². The summed E-state index contributed by atoms with van der Waals surface area (Å²) in [5.74, 6) is -0.324. The van der Waals surface area contributed by atoms with Crippen molar-refractivity contribution in [1.82, 2.24) is 9.78 Å². The quantitative estimate of drug-likeness (QED) is 0.696. The van der Waals surface area contributed by atoms with Crippen LogP contribution >= 0.6 is 0 Å². The fraction of sp³-hybridized carbons (Fsp3) is 0.227. The summed E-state index contributed by atoms with van der Waals surface area (Å²) in [5, 5.41) is 10.1. The molecule has 0 unspecified atom stereocenters. The number of rotatable bonds is 5. The Hall–Kier alpha value is -3.41. The van der Waals surface area contributed by atoms with E-state index in [9.17, 15) is 9.59 Å². The van der Waals surface area contributed by atoms with E-state index in [2.05, 4.69) is 15.7 Å². The third-order valence-electron chi connectivity index (χ3n) is 4.32. The van der Waals surface area contributed by atoms with Gasteiger partial charge in [0.15, 0.2) is 0 Å². The van der Waals surface area contributed by atoms with Gasteiger partial charge in [-0.15, -0.1) is 0 Å². The molecule has 3 rings (SSSR count). The molecule has 0 fully saturated rings. The Kier molecular flexibility index (Phi) is 5.59. The number of hydrogen-bond donors (Lipinski definition) is 2. The van der Waals surface area contributed by atoms with Crippen LogP contribution in [0.1, 0.15) is 35.6 Å². The van der Waals surface area contributed by atoms with Crippen LogP contribution in [0.3, 0.4) is 0 Å². The number of anilines is 2. The average molecular weight is 376 g/mol. The number of carbonyl (C=O) groups excluding carboxylic acids is 2. The van der Waals surface area contributed by atoms with Gasteiger partial charge in [0, 0.05) is 28.6 Å². The monoisotopic (exact) mass is 376 g/mol. The van der Waals surface area contributed by atoms with Gasteiger partial charge in [-0.05, 0) is 68.4 Å². The predicted molar refractivity (Wildman–Crippen MR) is 111 cm³/mol. The minimum Gasteiger partial charge on any atom is -0.326 e. The van der Waals surface area contributed by atoms with Crippen LogP contribution in [0.25, 0.3) is 5.69 Å². The summed E-state index contributed by atoms with van der Waals surface area (Å²) in [4.78, 5) is 24.2. The van der Waals surface area contributed by atoms with Crippen LogP contribution in [0.4, 0.5) is 11.4 Å². The maximum absolute atomic E-state index is 12.5. The molecule has 0 saturated carbocycles. The third kappa shape index (κ3) is 4.46. The minimum absolute atomic E-state index is 0.0421. The lowest BCUT2D eigenvalue weighted by atomic mass is 10.1. The SMILES string of the molecule is Cc1cc(C)n(-c2ccc(C(=O)Nc3ccc(NC(=O)C(C)C)cc3)cc2)n1. The molecule has 3 aromatic rings. The van der Waals surface area contributed by atoms with E-state index in [1.807, 2.05) is 50.6 Å². The molecule has 0 aliphatic rings. The molecule has 144 valence electrons. The lowest BCUT2D eigenvalue weighted by Crippen LogP contribution is -2.17. The highest BCUT2D eigenvalue weighted by atomic mass is 16.2. The van der Waals surface area contributed by atoms with E-state index in [1.54, 1.807) is 36.4 Å². The smallest absolute Gasteiger partial charge is 0.255 e. The summed E-state index contributed by atoms with van der Waals surface area (Å²) in [6.45, 7) is 7.62. The Morgan fingerprint density at radius 1 is 0.893 bits per heavy atom. The summed E-state index contributed by atoms with van der Waals surface area (Å²) < 4.78 is 1.85. The zero-order valence-corrected chi connectivity index (χ0v) is 16.5. The molecule has 2 aromatic carbocycles.